The van der Waals surface area contributed by atoms with Crippen LogP contribution in [-0.2, 0) is 4.74 Å². The van der Waals surface area contributed by atoms with E-state index in [9.17, 15) is 4.79 Å². The molecule has 2 aliphatic heterocycles. The van der Waals surface area contributed by atoms with E-state index in [4.69, 9.17) is 14.2 Å². The molecule has 3 rings (SSSR count). The molecule has 1 fully saturated rings. The second-order valence-electron chi connectivity index (χ2n) is 5.19. The molecule has 2 heterocycles. The summed E-state index contributed by atoms with van der Waals surface area (Å²) in [6.45, 7) is 4.23. The van der Waals surface area contributed by atoms with Gasteiger partial charge in [-0.2, -0.15) is 0 Å². The van der Waals surface area contributed by atoms with Gasteiger partial charge < -0.3 is 24.4 Å². The molecule has 1 atom stereocenters. The Morgan fingerprint density at radius 2 is 2.29 bits per heavy atom. The number of amides is 1. The van der Waals surface area contributed by atoms with Crippen molar-refractivity contribution in [3.8, 4) is 11.5 Å². The van der Waals surface area contributed by atoms with Crippen molar-refractivity contribution in [3.63, 3.8) is 0 Å². The maximum atomic E-state index is 11.5. The lowest BCUT2D eigenvalue weighted by Crippen LogP contribution is -2.48. The quantitative estimate of drug-likeness (QED) is 0.925. The fourth-order valence-corrected chi connectivity index (χ4v) is 2.75. The van der Waals surface area contributed by atoms with Gasteiger partial charge in [0, 0.05) is 30.9 Å². The molecular formula is C15H20N2O4. The van der Waals surface area contributed by atoms with Gasteiger partial charge in [-0.15, -0.1) is 0 Å². The molecule has 0 spiro atoms. The average molecular weight is 292 g/mol. The fraction of sp³-hybridized carbons (Fsp3) is 0.533. The van der Waals surface area contributed by atoms with Crippen molar-refractivity contribution in [2.75, 3.05) is 31.4 Å². The van der Waals surface area contributed by atoms with Crippen LogP contribution >= 0.6 is 0 Å². The van der Waals surface area contributed by atoms with Crippen LogP contribution in [0, 0.1) is 0 Å². The van der Waals surface area contributed by atoms with Crippen LogP contribution in [0.5, 0.6) is 11.5 Å². The standard InChI is InChI=1S/C15H20N2O4/c1-2-19-15(18)16-11-4-3-7-17(9-11)12-5-6-13-14(8-12)21-10-20-13/h5-6,8,11H,2-4,7,9-10H2,1H3,(H,16,18). The Kier molecular flexibility index (Phi) is 4.03. The van der Waals surface area contributed by atoms with E-state index in [0.29, 0.717) is 6.61 Å². The maximum absolute atomic E-state index is 11.5. The Morgan fingerprint density at radius 1 is 1.43 bits per heavy atom. The second kappa shape index (κ2) is 6.11. The lowest BCUT2D eigenvalue weighted by atomic mass is 10.0. The summed E-state index contributed by atoms with van der Waals surface area (Å²) < 4.78 is 15.7. The zero-order valence-electron chi connectivity index (χ0n) is 12.1. The number of fused-ring (bicyclic) bond motifs is 1. The third-order valence-electron chi connectivity index (χ3n) is 3.74. The summed E-state index contributed by atoms with van der Waals surface area (Å²) in [5.74, 6) is 1.57. The van der Waals surface area contributed by atoms with Gasteiger partial charge >= 0.3 is 6.09 Å². The molecule has 1 aromatic rings. The number of piperidine rings is 1. The first-order valence-electron chi connectivity index (χ1n) is 7.34. The molecule has 1 amide bonds. The Balaban J connectivity index is 1.64. The Labute approximate surface area is 124 Å². The molecule has 0 aromatic heterocycles. The summed E-state index contributed by atoms with van der Waals surface area (Å²) in [5, 5.41) is 2.91. The van der Waals surface area contributed by atoms with E-state index < -0.39 is 0 Å². The van der Waals surface area contributed by atoms with Gasteiger partial charge in [-0.25, -0.2) is 4.79 Å². The number of nitrogens with one attached hydrogen (secondary N) is 1. The molecule has 0 saturated carbocycles. The number of hydrogen-bond donors (Lipinski definition) is 1. The SMILES string of the molecule is CCOC(=O)NC1CCCN(c2ccc3c(c2)OCO3)C1. The molecule has 1 saturated heterocycles. The van der Waals surface area contributed by atoms with Crippen molar-refractivity contribution < 1.29 is 19.0 Å². The molecule has 114 valence electrons. The molecule has 6 heteroatoms. The molecule has 1 N–H and O–H groups in total. The van der Waals surface area contributed by atoms with E-state index in [2.05, 4.69) is 10.2 Å². The second-order valence-corrected chi connectivity index (χ2v) is 5.19. The third kappa shape index (κ3) is 3.15. The van der Waals surface area contributed by atoms with Crippen LogP contribution in [-0.4, -0.2) is 38.6 Å². The number of benzene rings is 1. The molecule has 0 radical (unpaired) electrons. The number of alkyl carbamates (subject to hydrolysis) is 1. The van der Waals surface area contributed by atoms with Gasteiger partial charge in [0.1, 0.15) is 0 Å². The Bertz CT molecular complexity index is 520. The van der Waals surface area contributed by atoms with Crippen molar-refractivity contribution in [2.45, 2.75) is 25.8 Å². The van der Waals surface area contributed by atoms with Crippen LogP contribution in [0.25, 0.3) is 0 Å². The highest BCUT2D eigenvalue weighted by atomic mass is 16.7. The van der Waals surface area contributed by atoms with Crippen LogP contribution in [0.4, 0.5) is 10.5 Å². The number of rotatable bonds is 3. The number of hydrogen-bond acceptors (Lipinski definition) is 5. The van der Waals surface area contributed by atoms with Crippen LogP contribution in [0.2, 0.25) is 0 Å². The van der Waals surface area contributed by atoms with Gasteiger partial charge in [0.15, 0.2) is 11.5 Å². The van der Waals surface area contributed by atoms with Gasteiger partial charge in [-0.1, -0.05) is 0 Å². The molecule has 6 nitrogen and oxygen atoms in total. The van der Waals surface area contributed by atoms with Crippen LogP contribution in [0.15, 0.2) is 18.2 Å². The monoisotopic (exact) mass is 292 g/mol. The summed E-state index contributed by atoms with van der Waals surface area (Å²) in [4.78, 5) is 13.8. The number of ether oxygens (including phenoxy) is 3. The van der Waals surface area contributed by atoms with Crippen LogP contribution in [0.1, 0.15) is 19.8 Å². The van der Waals surface area contributed by atoms with E-state index >= 15 is 0 Å². The molecule has 1 unspecified atom stereocenters. The van der Waals surface area contributed by atoms with E-state index in [-0.39, 0.29) is 18.9 Å². The van der Waals surface area contributed by atoms with E-state index in [1.54, 1.807) is 6.92 Å². The normalized spacial score (nSPS) is 20.2. The number of nitrogens with zero attached hydrogens (tertiary/aromatic N) is 1. The minimum atomic E-state index is -0.338. The lowest BCUT2D eigenvalue weighted by molar-refractivity contribution is 0.146. The van der Waals surface area contributed by atoms with E-state index in [1.165, 1.54) is 0 Å². The molecule has 0 aliphatic carbocycles. The highest BCUT2D eigenvalue weighted by Crippen LogP contribution is 2.36. The highest BCUT2D eigenvalue weighted by Gasteiger charge is 2.23. The summed E-state index contributed by atoms with van der Waals surface area (Å²) in [7, 11) is 0. The summed E-state index contributed by atoms with van der Waals surface area (Å²) >= 11 is 0. The van der Waals surface area contributed by atoms with Crippen molar-refractivity contribution >= 4 is 11.8 Å². The lowest BCUT2D eigenvalue weighted by Gasteiger charge is -2.34. The number of carbonyl (C=O) groups is 1. The zero-order chi connectivity index (χ0) is 14.7. The molecule has 21 heavy (non-hydrogen) atoms. The Hall–Kier alpha value is -2.11. The number of carbonyl (C=O) groups excluding carboxylic acids is 1. The topological polar surface area (TPSA) is 60.0 Å². The van der Waals surface area contributed by atoms with Gasteiger partial charge in [0.2, 0.25) is 6.79 Å². The predicted octanol–water partition coefficient (Wildman–Crippen LogP) is 2.13. The van der Waals surface area contributed by atoms with Crippen molar-refractivity contribution in [1.29, 1.82) is 0 Å². The van der Waals surface area contributed by atoms with Gasteiger partial charge in [0.05, 0.1) is 6.61 Å². The van der Waals surface area contributed by atoms with Gasteiger partial charge in [0.25, 0.3) is 0 Å². The minimum absolute atomic E-state index is 0.114. The zero-order valence-corrected chi connectivity index (χ0v) is 12.1. The van der Waals surface area contributed by atoms with E-state index in [1.807, 2.05) is 18.2 Å². The third-order valence-corrected chi connectivity index (χ3v) is 3.74. The maximum Gasteiger partial charge on any atom is 0.407 e. The van der Waals surface area contributed by atoms with Crippen LogP contribution in [0.3, 0.4) is 0 Å². The van der Waals surface area contributed by atoms with Gasteiger partial charge in [-0.3, -0.25) is 0 Å². The molecule has 0 bridgehead atoms. The molecular weight excluding hydrogens is 272 g/mol. The minimum Gasteiger partial charge on any atom is -0.454 e. The Morgan fingerprint density at radius 3 is 3.14 bits per heavy atom. The summed E-state index contributed by atoms with van der Waals surface area (Å²) in [6.07, 6.45) is 1.67. The van der Waals surface area contributed by atoms with E-state index in [0.717, 1.165) is 43.1 Å². The van der Waals surface area contributed by atoms with Crippen molar-refractivity contribution in [1.82, 2.24) is 5.32 Å². The predicted molar refractivity (Wildman–Crippen MR) is 78.0 cm³/mol. The summed E-state index contributed by atoms with van der Waals surface area (Å²) in [5.41, 5.74) is 1.09. The van der Waals surface area contributed by atoms with Crippen LogP contribution < -0.4 is 19.7 Å². The smallest absolute Gasteiger partial charge is 0.407 e. The summed E-state index contributed by atoms with van der Waals surface area (Å²) in [6, 6.07) is 6.07. The highest BCUT2D eigenvalue weighted by molar-refractivity contribution is 5.67. The van der Waals surface area contributed by atoms with Crippen molar-refractivity contribution in [2.24, 2.45) is 0 Å². The van der Waals surface area contributed by atoms with Gasteiger partial charge in [-0.05, 0) is 31.9 Å². The van der Waals surface area contributed by atoms with Crippen molar-refractivity contribution in [3.05, 3.63) is 18.2 Å². The molecule has 2 aliphatic rings. The first kappa shape index (κ1) is 13.9. The first-order chi connectivity index (χ1) is 10.3. The average Bonchev–Trinajstić information content (AvgIpc) is 2.95. The largest absolute Gasteiger partial charge is 0.454 e. The first-order valence-corrected chi connectivity index (χ1v) is 7.34. The fourth-order valence-electron chi connectivity index (χ4n) is 2.75. The number of anilines is 1. The molecule has 1 aromatic carbocycles.